The maximum absolute atomic E-state index is 12.4. The van der Waals surface area contributed by atoms with Gasteiger partial charge in [-0.3, -0.25) is 19.7 Å². The fourth-order valence-electron chi connectivity index (χ4n) is 4.11. The number of nitrogens with zero attached hydrogens (tertiary/aromatic N) is 4. The fourth-order valence-corrected chi connectivity index (χ4v) is 4.11. The maximum Gasteiger partial charge on any atom is 0.490 e. The van der Waals surface area contributed by atoms with Crippen molar-refractivity contribution in [1.29, 1.82) is 0 Å². The molecule has 0 amide bonds. The predicted molar refractivity (Wildman–Crippen MR) is 116 cm³/mol. The van der Waals surface area contributed by atoms with Gasteiger partial charge in [-0.25, -0.2) is 19.1 Å². The second kappa shape index (κ2) is 11.6. The summed E-state index contributed by atoms with van der Waals surface area (Å²) in [6, 6.07) is 2.06. The van der Waals surface area contributed by atoms with E-state index in [0.29, 0.717) is 23.9 Å². The molecule has 0 radical (unpaired) electrons. The molecule has 2 saturated heterocycles. The number of H-pyrrole nitrogens is 1. The Hall–Kier alpha value is -2.97. The molecule has 2 aromatic heterocycles. The second-order valence-corrected chi connectivity index (χ2v) is 8.13. The molecule has 0 saturated carbocycles. The Bertz CT molecular complexity index is 1080. The number of carboxylic acid groups (broad SMARTS) is 1. The van der Waals surface area contributed by atoms with Crippen molar-refractivity contribution < 1.29 is 37.3 Å². The van der Waals surface area contributed by atoms with Crippen LogP contribution in [0, 0.1) is 0 Å². The molecule has 0 aromatic carbocycles. The van der Waals surface area contributed by atoms with Crippen LogP contribution in [0.3, 0.4) is 0 Å². The van der Waals surface area contributed by atoms with E-state index in [1.807, 2.05) is 0 Å². The molecule has 0 aliphatic carbocycles. The molecule has 1 atom stereocenters. The summed E-state index contributed by atoms with van der Waals surface area (Å²) in [6.45, 7) is 8.13. The third-order valence-electron chi connectivity index (χ3n) is 5.72. The molecule has 2 aliphatic heterocycles. The van der Waals surface area contributed by atoms with Gasteiger partial charge in [0.15, 0.2) is 5.65 Å². The zero-order valence-electron chi connectivity index (χ0n) is 19.2. The van der Waals surface area contributed by atoms with E-state index in [1.54, 1.807) is 6.92 Å². The number of morpholine rings is 1. The van der Waals surface area contributed by atoms with E-state index >= 15 is 0 Å². The molecule has 2 aliphatic rings. The summed E-state index contributed by atoms with van der Waals surface area (Å²) >= 11 is 0. The van der Waals surface area contributed by atoms with Gasteiger partial charge in [-0.1, -0.05) is 0 Å². The minimum atomic E-state index is -5.08. The quantitative estimate of drug-likeness (QED) is 0.577. The number of esters is 1. The molecule has 0 bridgehead atoms. The van der Waals surface area contributed by atoms with E-state index in [0.717, 1.165) is 45.8 Å². The van der Waals surface area contributed by atoms with Crippen molar-refractivity contribution in [2.75, 3.05) is 46.0 Å². The molecule has 11 nitrogen and oxygen atoms in total. The molecule has 4 heterocycles. The van der Waals surface area contributed by atoms with Crippen molar-refractivity contribution in [3.05, 3.63) is 33.9 Å². The highest BCUT2D eigenvalue weighted by Gasteiger charge is 2.38. The number of rotatable bonds is 5. The maximum atomic E-state index is 12.4. The van der Waals surface area contributed by atoms with Crippen LogP contribution in [-0.2, 0) is 20.8 Å². The molecule has 2 fully saturated rings. The Morgan fingerprint density at radius 3 is 2.60 bits per heavy atom. The summed E-state index contributed by atoms with van der Waals surface area (Å²) in [5, 5.41) is 9.91. The minimum absolute atomic E-state index is 0.225. The first kappa shape index (κ1) is 26.6. The van der Waals surface area contributed by atoms with Crippen LogP contribution in [0.25, 0.3) is 5.65 Å². The molecule has 2 N–H and O–H groups in total. The predicted octanol–water partition coefficient (Wildman–Crippen LogP) is 1.13. The number of carboxylic acids is 1. The molecule has 0 spiro atoms. The lowest BCUT2D eigenvalue weighted by Crippen LogP contribution is -2.51. The van der Waals surface area contributed by atoms with Crippen molar-refractivity contribution >= 4 is 17.6 Å². The average molecular weight is 503 g/mol. The van der Waals surface area contributed by atoms with Crippen LogP contribution < -0.4 is 5.56 Å². The van der Waals surface area contributed by atoms with Crippen molar-refractivity contribution in [2.24, 2.45) is 0 Å². The van der Waals surface area contributed by atoms with Crippen LogP contribution in [0.5, 0.6) is 0 Å². The standard InChI is InChI=1S/C19H27N5O4.C2HF3O2/c1-2-28-19(26)16-11-20-24-17(25)10-14(21-18(16)24)12-22-5-3-4-15(13-22)23-6-8-27-9-7-23;3-2(4,5)1(6)7/h10-11,15,20H,2-9,12-13H2,1H3;(H,6,7). The Kier molecular flexibility index (Phi) is 8.86. The first-order valence-electron chi connectivity index (χ1n) is 11.2. The number of likely N-dealkylation sites (tertiary alicyclic amines) is 1. The zero-order valence-corrected chi connectivity index (χ0v) is 19.2. The summed E-state index contributed by atoms with van der Waals surface area (Å²) in [5.74, 6) is -3.23. The van der Waals surface area contributed by atoms with Gasteiger partial charge in [-0.15, -0.1) is 0 Å². The number of piperidine rings is 1. The first-order chi connectivity index (χ1) is 16.6. The number of nitrogens with one attached hydrogen (secondary N) is 1. The molecule has 194 valence electrons. The van der Waals surface area contributed by atoms with Gasteiger partial charge in [0.05, 0.1) is 25.5 Å². The highest BCUT2D eigenvalue weighted by atomic mass is 19.4. The van der Waals surface area contributed by atoms with Crippen molar-refractivity contribution in [3.63, 3.8) is 0 Å². The van der Waals surface area contributed by atoms with Gasteiger partial charge in [-0.05, 0) is 26.3 Å². The topological polar surface area (TPSA) is 129 Å². The van der Waals surface area contributed by atoms with E-state index in [1.165, 1.54) is 23.2 Å². The average Bonchev–Trinajstić information content (AvgIpc) is 3.24. The number of aliphatic carboxylic acids is 1. The van der Waals surface area contributed by atoms with Gasteiger partial charge in [0.2, 0.25) is 0 Å². The molecule has 1 unspecified atom stereocenters. The molecule has 2 aromatic rings. The number of carbonyl (C=O) groups excluding carboxylic acids is 1. The van der Waals surface area contributed by atoms with E-state index in [9.17, 15) is 22.8 Å². The van der Waals surface area contributed by atoms with Gasteiger partial charge >= 0.3 is 18.1 Å². The number of aromatic nitrogens is 3. The Morgan fingerprint density at radius 2 is 1.97 bits per heavy atom. The Morgan fingerprint density at radius 1 is 1.29 bits per heavy atom. The van der Waals surface area contributed by atoms with Gasteiger partial charge < -0.3 is 14.6 Å². The molecular weight excluding hydrogens is 475 g/mol. The van der Waals surface area contributed by atoms with E-state index < -0.39 is 18.1 Å². The van der Waals surface area contributed by atoms with Crippen LogP contribution in [0.4, 0.5) is 13.2 Å². The smallest absolute Gasteiger partial charge is 0.475 e. The lowest BCUT2D eigenvalue weighted by Gasteiger charge is -2.40. The Balaban J connectivity index is 0.000000429. The number of carbonyl (C=O) groups is 2. The number of ether oxygens (including phenoxy) is 2. The van der Waals surface area contributed by atoms with E-state index in [4.69, 9.17) is 19.4 Å². The van der Waals surface area contributed by atoms with Gasteiger partial charge in [-0.2, -0.15) is 13.2 Å². The first-order valence-corrected chi connectivity index (χ1v) is 11.2. The van der Waals surface area contributed by atoms with Gasteiger partial charge in [0, 0.05) is 44.5 Å². The second-order valence-electron chi connectivity index (χ2n) is 8.13. The van der Waals surface area contributed by atoms with Gasteiger partial charge in [0.1, 0.15) is 5.56 Å². The molecule has 35 heavy (non-hydrogen) atoms. The molecular formula is C21H28F3N5O6. The summed E-state index contributed by atoms with van der Waals surface area (Å²) in [5.41, 5.74) is 1.06. The third kappa shape index (κ3) is 7.02. The molecule has 4 rings (SSSR count). The minimum Gasteiger partial charge on any atom is -0.475 e. The number of halogens is 3. The number of hydrogen-bond donors (Lipinski definition) is 2. The van der Waals surface area contributed by atoms with Crippen LogP contribution in [0.15, 0.2) is 17.1 Å². The zero-order chi connectivity index (χ0) is 25.6. The largest absolute Gasteiger partial charge is 0.490 e. The van der Waals surface area contributed by atoms with Crippen molar-refractivity contribution in [3.8, 4) is 0 Å². The van der Waals surface area contributed by atoms with E-state index in [2.05, 4.69) is 19.9 Å². The van der Waals surface area contributed by atoms with Crippen LogP contribution >= 0.6 is 0 Å². The number of alkyl halides is 3. The summed E-state index contributed by atoms with van der Waals surface area (Å²) in [4.78, 5) is 42.9. The van der Waals surface area contributed by atoms with Crippen molar-refractivity contribution in [1.82, 2.24) is 24.4 Å². The summed E-state index contributed by atoms with van der Waals surface area (Å²) in [6.07, 6.45) is -1.29. The normalized spacial score (nSPS) is 19.7. The number of aromatic amines is 1. The SMILES string of the molecule is CCOC(=O)c1c[nH]n2c(=O)cc(CN3CCCC(N4CCOCC4)C3)nc12.O=C(O)C(F)(F)F. The highest BCUT2D eigenvalue weighted by molar-refractivity contribution is 5.95. The number of hydrogen-bond acceptors (Lipinski definition) is 8. The monoisotopic (exact) mass is 503 g/mol. The van der Waals surface area contributed by atoms with Crippen LogP contribution in [0.1, 0.15) is 35.8 Å². The van der Waals surface area contributed by atoms with Crippen LogP contribution in [-0.4, -0.2) is 99.7 Å². The lowest BCUT2D eigenvalue weighted by atomic mass is 10.0. The third-order valence-corrected chi connectivity index (χ3v) is 5.72. The van der Waals surface area contributed by atoms with E-state index in [-0.39, 0.29) is 17.7 Å². The summed E-state index contributed by atoms with van der Waals surface area (Å²) < 4.78 is 43.5. The fraction of sp³-hybridized carbons (Fsp3) is 0.619. The number of fused-ring (bicyclic) bond motifs is 1. The van der Waals surface area contributed by atoms with Gasteiger partial charge in [0.25, 0.3) is 5.56 Å². The Labute approximate surface area is 198 Å². The summed E-state index contributed by atoms with van der Waals surface area (Å²) in [7, 11) is 0. The van der Waals surface area contributed by atoms with Crippen molar-refractivity contribution in [2.45, 2.75) is 38.5 Å². The lowest BCUT2D eigenvalue weighted by molar-refractivity contribution is -0.192. The highest BCUT2D eigenvalue weighted by Crippen LogP contribution is 2.19. The van der Waals surface area contributed by atoms with Crippen LogP contribution in [0.2, 0.25) is 0 Å². The molecule has 14 heteroatoms.